The highest BCUT2D eigenvalue weighted by molar-refractivity contribution is 5.13. The lowest BCUT2D eigenvalue weighted by atomic mass is 10.1. The number of halogens is 1. The third kappa shape index (κ3) is 16.2. The van der Waals surface area contributed by atoms with Crippen molar-refractivity contribution in [1.29, 1.82) is 0 Å². The summed E-state index contributed by atoms with van der Waals surface area (Å²) in [7, 11) is 0. The van der Waals surface area contributed by atoms with E-state index < -0.39 is 0 Å². The van der Waals surface area contributed by atoms with Gasteiger partial charge in [0.1, 0.15) is 6.54 Å². The number of benzene rings is 1. The number of rotatable bonds is 18. The van der Waals surface area contributed by atoms with Gasteiger partial charge >= 0.3 is 0 Å². The maximum Gasteiger partial charge on any atom is 0.103 e. The van der Waals surface area contributed by atoms with Crippen molar-refractivity contribution in [3.8, 4) is 0 Å². The molecule has 0 spiro atoms. The molecule has 0 aromatic heterocycles. The molecule has 1 nitrogen and oxygen atoms in total. The first kappa shape index (κ1) is 26.5. The first-order valence-electron chi connectivity index (χ1n) is 11.7. The zero-order valence-electron chi connectivity index (χ0n) is 18.3. The van der Waals surface area contributed by atoms with Crippen molar-refractivity contribution in [3.63, 3.8) is 0 Å². The summed E-state index contributed by atoms with van der Waals surface area (Å²) >= 11 is 0. The van der Waals surface area contributed by atoms with E-state index in [2.05, 4.69) is 44.2 Å². The van der Waals surface area contributed by atoms with Crippen molar-refractivity contribution >= 4 is 0 Å². The molecule has 0 aliphatic rings. The van der Waals surface area contributed by atoms with Crippen LogP contribution in [0.25, 0.3) is 0 Å². The second kappa shape index (κ2) is 20.2. The monoisotopic (exact) mass is 395 g/mol. The quantitative estimate of drug-likeness (QED) is 0.362. The molecule has 1 aromatic rings. The molecule has 0 saturated heterocycles. The Balaban J connectivity index is 0.00000676. The van der Waals surface area contributed by atoms with Gasteiger partial charge in [-0.05, 0) is 25.7 Å². The van der Waals surface area contributed by atoms with Crippen LogP contribution in [0.2, 0.25) is 0 Å². The lowest BCUT2D eigenvalue weighted by Crippen LogP contribution is -3.10. The maximum absolute atomic E-state index is 2.30. The molecule has 0 atom stereocenters. The molecule has 0 aliphatic heterocycles. The third-order valence-corrected chi connectivity index (χ3v) is 5.56. The van der Waals surface area contributed by atoms with Crippen LogP contribution in [0.4, 0.5) is 0 Å². The Hall–Kier alpha value is -0.530. The molecule has 0 heterocycles. The van der Waals surface area contributed by atoms with E-state index in [9.17, 15) is 0 Å². The highest BCUT2D eigenvalue weighted by Crippen LogP contribution is 2.07. The van der Waals surface area contributed by atoms with Gasteiger partial charge in [0.15, 0.2) is 0 Å². The molecule has 27 heavy (non-hydrogen) atoms. The molecule has 0 fully saturated rings. The average Bonchev–Trinajstić information content (AvgIpc) is 2.67. The van der Waals surface area contributed by atoms with E-state index in [0.29, 0.717) is 0 Å². The molecule has 1 N–H and O–H groups in total. The molecular formula is C25H46ClN. The summed E-state index contributed by atoms with van der Waals surface area (Å²) in [6, 6.07) is 11.1. The minimum Gasteiger partial charge on any atom is -1.00 e. The number of hydrogen-bond donors (Lipinski definition) is 1. The van der Waals surface area contributed by atoms with Crippen LogP contribution < -0.4 is 17.3 Å². The third-order valence-electron chi connectivity index (χ3n) is 5.56. The smallest absolute Gasteiger partial charge is 0.103 e. The van der Waals surface area contributed by atoms with Gasteiger partial charge in [0.25, 0.3) is 0 Å². The molecular weight excluding hydrogens is 350 g/mol. The molecule has 1 aromatic carbocycles. The maximum atomic E-state index is 2.30. The van der Waals surface area contributed by atoms with Crippen molar-refractivity contribution in [2.75, 3.05) is 13.1 Å². The summed E-state index contributed by atoms with van der Waals surface area (Å²) in [5.74, 6) is 0. The molecule has 2 heteroatoms. The molecule has 0 bridgehead atoms. The van der Waals surface area contributed by atoms with Crippen LogP contribution >= 0.6 is 0 Å². The van der Waals surface area contributed by atoms with Crippen molar-refractivity contribution in [2.24, 2.45) is 0 Å². The summed E-state index contributed by atoms with van der Waals surface area (Å²) < 4.78 is 0. The van der Waals surface area contributed by atoms with Gasteiger partial charge in [0.05, 0.1) is 13.1 Å². The van der Waals surface area contributed by atoms with Crippen LogP contribution in [-0.4, -0.2) is 13.1 Å². The van der Waals surface area contributed by atoms with Crippen LogP contribution in [0, 0.1) is 0 Å². The van der Waals surface area contributed by atoms with Gasteiger partial charge in [-0.25, -0.2) is 0 Å². The minimum atomic E-state index is 0. The first-order valence-corrected chi connectivity index (χ1v) is 11.7. The van der Waals surface area contributed by atoms with Gasteiger partial charge in [0.2, 0.25) is 0 Å². The number of nitrogens with one attached hydrogen (secondary N) is 1. The summed E-state index contributed by atoms with van der Waals surface area (Å²) in [5, 5.41) is 0. The lowest BCUT2D eigenvalue weighted by Gasteiger charge is -2.20. The molecule has 0 unspecified atom stereocenters. The Kier molecular flexibility index (Phi) is 19.8. The van der Waals surface area contributed by atoms with Gasteiger partial charge in [-0.1, -0.05) is 108 Å². The molecule has 1 rings (SSSR count). The fourth-order valence-electron chi connectivity index (χ4n) is 3.85. The average molecular weight is 396 g/mol. The number of quaternary nitrogens is 1. The minimum absolute atomic E-state index is 0. The second-order valence-corrected chi connectivity index (χ2v) is 8.16. The molecule has 158 valence electrons. The Labute approximate surface area is 176 Å². The molecule has 0 radical (unpaired) electrons. The van der Waals surface area contributed by atoms with E-state index in [1.54, 1.807) is 4.90 Å². The van der Waals surface area contributed by atoms with Crippen LogP contribution in [0.15, 0.2) is 30.3 Å². The fraction of sp³-hybridized carbons (Fsp3) is 0.760. The first-order chi connectivity index (χ1) is 12.9. The van der Waals surface area contributed by atoms with Crippen molar-refractivity contribution in [1.82, 2.24) is 0 Å². The topological polar surface area (TPSA) is 4.44 Å². The highest BCUT2D eigenvalue weighted by atomic mass is 35.5. The van der Waals surface area contributed by atoms with Gasteiger partial charge in [-0.3, -0.25) is 0 Å². The summed E-state index contributed by atoms with van der Waals surface area (Å²) in [6.45, 7) is 8.53. The van der Waals surface area contributed by atoms with E-state index in [-0.39, 0.29) is 12.4 Å². The normalized spacial score (nSPS) is 10.9. The summed E-state index contributed by atoms with van der Waals surface area (Å²) in [4.78, 5) is 1.80. The zero-order chi connectivity index (χ0) is 18.7. The Morgan fingerprint density at radius 1 is 0.556 bits per heavy atom. The van der Waals surface area contributed by atoms with E-state index in [0.717, 1.165) is 0 Å². The number of unbranched alkanes of at least 4 members (excludes halogenated alkanes) is 12. The molecule has 0 saturated carbocycles. The van der Waals surface area contributed by atoms with Crippen molar-refractivity contribution in [3.05, 3.63) is 35.9 Å². The Morgan fingerprint density at radius 2 is 0.963 bits per heavy atom. The Bertz CT molecular complexity index is 375. The second-order valence-electron chi connectivity index (χ2n) is 8.16. The van der Waals surface area contributed by atoms with Crippen LogP contribution in [0.5, 0.6) is 0 Å². The predicted molar refractivity (Wildman–Crippen MR) is 117 cm³/mol. The largest absolute Gasteiger partial charge is 1.00 e. The Morgan fingerprint density at radius 3 is 1.41 bits per heavy atom. The van der Waals surface area contributed by atoms with Gasteiger partial charge in [-0.2, -0.15) is 0 Å². The van der Waals surface area contributed by atoms with E-state index in [4.69, 9.17) is 0 Å². The van der Waals surface area contributed by atoms with Crippen LogP contribution in [-0.2, 0) is 6.54 Å². The van der Waals surface area contributed by atoms with Crippen LogP contribution in [0.1, 0.15) is 109 Å². The van der Waals surface area contributed by atoms with E-state index in [1.165, 1.54) is 115 Å². The van der Waals surface area contributed by atoms with Gasteiger partial charge in [-0.15, -0.1) is 0 Å². The van der Waals surface area contributed by atoms with Crippen LogP contribution in [0.3, 0.4) is 0 Å². The van der Waals surface area contributed by atoms with Crippen molar-refractivity contribution < 1.29 is 17.3 Å². The fourth-order valence-corrected chi connectivity index (χ4v) is 3.85. The van der Waals surface area contributed by atoms with Crippen molar-refractivity contribution in [2.45, 2.75) is 110 Å². The predicted octanol–water partition coefficient (Wildman–Crippen LogP) is 3.58. The zero-order valence-corrected chi connectivity index (χ0v) is 19.0. The lowest BCUT2D eigenvalue weighted by molar-refractivity contribution is -0.914. The summed E-state index contributed by atoms with van der Waals surface area (Å²) in [5.41, 5.74) is 1.51. The molecule has 0 aliphatic carbocycles. The number of hydrogen-bond acceptors (Lipinski definition) is 0. The highest BCUT2D eigenvalue weighted by Gasteiger charge is 2.09. The molecule has 0 amide bonds. The van der Waals surface area contributed by atoms with E-state index in [1.807, 2.05) is 0 Å². The van der Waals surface area contributed by atoms with E-state index >= 15 is 0 Å². The summed E-state index contributed by atoms with van der Waals surface area (Å²) in [6.07, 6.45) is 19.9. The standard InChI is InChI=1S/C25H45N.ClH/c1-3-5-7-9-11-13-18-22-26(24-25-20-16-15-17-21-25)23-19-14-12-10-8-6-4-2;/h15-17,20-21H,3-14,18-19,22-24H2,1-2H3;1H. The SMILES string of the molecule is CCCCCCCCC[NH+](CCCCCCCCC)Cc1ccccc1.[Cl-]. The van der Waals surface area contributed by atoms with Gasteiger partial charge < -0.3 is 17.3 Å². The van der Waals surface area contributed by atoms with Gasteiger partial charge in [0, 0.05) is 5.56 Å².